The topological polar surface area (TPSA) is 61.0 Å². The molecule has 0 spiro atoms. The first-order valence-electron chi connectivity index (χ1n) is 4.25. The summed E-state index contributed by atoms with van der Waals surface area (Å²) in [5, 5.41) is 0. The minimum Gasteiger partial charge on any atom is -0.438 e. The molecule has 0 radical (unpaired) electrons. The molecule has 0 bridgehead atoms. The predicted molar refractivity (Wildman–Crippen MR) is 60.7 cm³/mol. The van der Waals surface area contributed by atoms with Crippen molar-refractivity contribution in [3.63, 3.8) is 0 Å². The summed E-state index contributed by atoms with van der Waals surface area (Å²) in [5.41, 5.74) is 5.51. The number of hydrogen-bond acceptors (Lipinski definition) is 4. The highest BCUT2D eigenvalue weighted by molar-refractivity contribution is 9.10. The Morgan fingerprint density at radius 3 is 2.73 bits per heavy atom. The van der Waals surface area contributed by atoms with Crippen molar-refractivity contribution >= 4 is 21.7 Å². The summed E-state index contributed by atoms with van der Waals surface area (Å²) in [5.74, 6) is 1.50. The number of benzene rings is 1. The first kappa shape index (κ1) is 9.92. The summed E-state index contributed by atoms with van der Waals surface area (Å²) < 4.78 is 6.38. The molecule has 4 nitrogen and oxygen atoms in total. The third-order valence-corrected chi connectivity index (χ3v) is 2.37. The van der Waals surface area contributed by atoms with Gasteiger partial charge in [0, 0.05) is 6.07 Å². The zero-order valence-electron chi connectivity index (χ0n) is 7.72. The van der Waals surface area contributed by atoms with Crippen molar-refractivity contribution < 1.29 is 4.74 Å². The van der Waals surface area contributed by atoms with Crippen molar-refractivity contribution in [1.82, 2.24) is 9.97 Å². The maximum Gasteiger partial charge on any atom is 0.224 e. The highest BCUT2D eigenvalue weighted by Crippen LogP contribution is 2.28. The van der Waals surface area contributed by atoms with E-state index in [1.807, 2.05) is 24.3 Å². The summed E-state index contributed by atoms with van der Waals surface area (Å²) in [6, 6.07) is 9.08. The van der Waals surface area contributed by atoms with Crippen LogP contribution in [0, 0.1) is 0 Å². The standard InChI is InChI=1S/C10H8BrN3O/c11-7-3-1-2-4-8(7)15-10-5-9(12)13-6-14-10/h1-6H,(H2,12,13,14). The fourth-order valence-electron chi connectivity index (χ4n) is 1.05. The molecule has 2 aromatic rings. The molecule has 0 unspecified atom stereocenters. The molecule has 0 aliphatic heterocycles. The maximum atomic E-state index is 5.51. The first-order valence-corrected chi connectivity index (χ1v) is 5.05. The van der Waals surface area contributed by atoms with Gasteiger partial charge < -0.3 is 10.5 Å². The van der Waals surface area contributed by atoms with Crippen molar-refractivity contribution in [1.29, 1.82) is 0 Å². The first-order chi connectivity index (χ1) is 7.25. The molecule has 2 rings (SSSR count). The third-order valence-electron chi connectivity index (χ3n) is 1.71. The number of anilines is 1. The van der Waals surface area contributed by atoms with Gasteiger partial charge in [0.05, 0.1) is 4.47 Å². The normalized spacial score (nSPS) is 9.93. The zero-order valence-corrected chi connectivity index (χ0v) is 9.31. The molecular formula is C10H8BrN3O. The summed E-state index contributed by atoms with van der Waals surface area (Å²) in [6.07, 6.45) is 1.36. The van der Waals surface area contributed by atoms with Crippen molar-refractivity contribution in [3.05, 3.63) is 41.1 Å². The summed E-state index contributed by atoms with van der Waals surface area (Å²) >= 11 is 3.37. The van der Waals surface area contributed by atoms with E-state index in [1.54, 1.807) is 6.07 Å². The van der Waals surface area contributed by atoms with Crippen LogP contribution < -0.4 is 10.5 Å². The Morgan fingerprint density at radius 2 is 2.00 bits per heavy atom. The minimum absolute atomic E-state index is 0.382. The highest BCUT2D eigenvalue weighted by atomic mass is 79.9. The molecule has 15 heavy (non-hydrogen) atoms. The van der Waals surface area contributed by atoms with Crippen molar-refractivity contribution in [3.8, 4) is 11.6 Å². The lowest BCUT2D eigenvalue weighted by Crippen LogP contribution is -1.93. The van der Waals surface area contributed by atoms with Crippen LogP contribution >= 0.6 is 15.9 Å². The van der Waals surface area contributed by atoms with Crippen LogP contribution in [0.4, 0.5) is 5.82 Å². The van der Waals surface area contributed by atoms with E-state index in [9.17, 15) is 0 Å². The smallest absolute Gasteiger partial charge is 0.224 e. The molecule has 0 aliphatic rings. The van der Waals surface area contributed by atoms with Crippen molar-refractivity contribution in [2.24, 2.45) is 0 Å². The van der Waals surface area contributed by atoms with Crippen LogP contribution in [0.25, 0.3) is 0 Å². The van der Waals surface area contributed by atoms with Crippen LogP contribution in [-0.4, -0.2) is 9.97 Å². The molecule has 1 heterocycles. The summed E-state index contributed by atoms with van der Waals surface area (Å²) in [6.45, 7) is 0. The lowest BCUT2D eigenvalue weighted by molar-refractivity contribution is 0.459. The molecule has 0 fully saturated rings. The van der Waals surface area contributed by atoms with Crippen LogP contribution in [0.3, 0.4) is 0 Å². The van der Waals surface area contributed by atoms with Gasteiger partial charge in [0.25, 0.3) is 0 Å². The maximum absolute atomic E-state index is 5.51. The quantitative estimate of drug-likeness (QED) is 0.907. The number of nitrogens with zero attached hydrogens (tertiary/aromatic N) is 2. The van der Waals surface area contributed by atoms with Gasteiger partial charge in [0.2, 0.25) is 5.88 Å². The van der Waals surface area contributed by atoms with Gasteiger partial charge in [-0.2, -0.15) is 0 Å². The molecule has 0 saturated heterocycles. The van der Waals surface area contributed by atoms with E-state index in [1.165, 1.54) is 6.33 Å². The Kier molecular flexibility index (Phi) is 2.82. The molecule has 76 valence electrons. The second-order valence-corrected chi connectivity index (χ2v) is 3.67. The molecule has 2 N–H and O–H groups in total. The minimum atomic E-state index is 0.382. The van der Waals surface area contributed by atoms with Crippen LogP contribution in [0.1, 0.15) is 0 Å². The number of nitrogens with two attached hydrogens (primary N) is 1. The SMILES string of the molecule is Nc1cc(Oc2ccccc2Br)ncn1. The Hall–Kier alpha value is -1.62. The second-order valence-electron chi connectivity index (χ2n) is 2.81. The molecular weight excluding hydrogens is 258 g/mol. The molecule has 0 saturated carbocycles. The molecule has 0 aliphatic carbocycles. The lowest BCUT2D eigenvalue weighted by atomic mass is 10.3. The Labute approximate surface area is 95.2 Å². The average Bonchev–Trinajstić information content (AvgIpc) is 2.22. The van der Waals surface area contributed by atoms with Gasteiger partial charge in [-0.25, -0.2) is 9.97 Å². The van der Waals surface area contributed by atoms with Crippen molar-refractivity contribution in [2.75, 3.05) is 5.73 Å². The third kappa shape index (κ3) is 2.44. The summed E-state index contributed by atoms with van der Waals surface area (Å²) in [4.78, 5) is 7.72. The van der Waals surface area contributed by atoms with Crippen molar-refractivity contribution in [2.45, 2.75) is 0 Å². The van der Waals surface area contributed by atoms with Gasteiger partial charge in [-0.15, -0.1) is 0 Å². The van der Waals surface area contributed by atoms with Crippen LogP contribution in [0.15, 0.2) is 41.1 Å². The molecule has 1 aromatic heterocycles. The fourth-order valence-corrected chi connectivity index (χ4v) is 1.42. The van der Waals surface area contributed by atoms with Crippen LogP contribution in [0.5, 0.6) is 11.6 Å². The van der Waals surface area contributed by atoms with Gasteiger partial charge in [-0.05, 0) is 28.1 Å². The van der Waals surface area contributed by atoms with E-state index in [2.05, 4.69) is 25.9 Å². The van der Waals surface area contributed by atoms with Gasteiger partial charge in [-0.3, -0.25) is 0 Å². The number of para-hydroxylation sites is 1. The number of nitrogen functional groups attached to an aromatic ring is 1. The number of ether oxygens (including phenoxy) is 1. The monoisotopic (exact) mass is 265 g/mol. The van der Waals surface area contributed by atoms with Gasteiger partial charge in [0.1, 0.15) is 17.9 Å². The van der Waals surface area contributed by atoms with E-state index >= 15 is 0 Å². The van der Waals surface area contributed by atoms with E-state index < -0.39 is 0 Å². The Balaban J connectivity index is 2.26. The van der Waals surface area contributed by atoms with Crippen LogP contribution in [-0.2, 0) is 0 Å². The highest BCUT2D eigenvalue weighted by Gasteiger charge is 2.02. The number of halogens is 1. The predicted octanol–water partition coefficient (Wildman–Crippen LogP) is 2.61. The Morgan fingerprint density at radius 1 is 1.20 bits per heavy atom. The van der Waals surface area contributed by atoms with Gasteiger partial charge >= 0.3 is 0 Å². The summed E-state index contributed by atoms with van der Waals surface area (Å²) in [7, 11) is 0. The van der Waals surface area contributed by atoms with Gasteiger partial charge in [-0.1, -0.05) is 12.1 Å². The van der Waals surface area contributed by atoms with E-state index in [4.69, 9.17) is 10.5 Å². The van der Waals surface area contributed by atoms with Gasteiger partial charge in [0.15, 0.2) is 0 Å². The molecule has 0 amide bonds. The number of hydrogen-bond donors (Lipinski definition) is 1. The molecule has 5 heteroatoms. The van der Waals surface area contributed by atoms with E-state index in [0.717, 1.165) is 4.47 Å². The van der Waals surface area contributed by atoms with E-state index in [0.29, 0.717) is 17.4 Å². The molecule has 1 aromatic carbocycles. The number of rotatable bonds is 2. The molecule has 0 atom stereocenters. The largest absolute Gasteiger partial charge is 0.438 e. The lowest BCUT2D eigenvalue weighted by Gasteiger charge is -2.05. The van der Waals surface area contributed by atoms with E-state index in [-0.39, 0.29) is 0 Å². The van der Waals surface area contributed by atoms with Crippen LogP contribution in [0.2, 0.25) is 0 Å². The Bertz CT molecular complexity index is 476. The number of aromatic nitrogens is 2. The average molecular weight is 266 g/mol. The second kappa shape index (κ2) is 4.27. The fraction of sp³-hybridized carbons (Fsp3) is 0. The zero-order chi connectivity index (χ0) is 10.7.